The molecule has 0 spiro atoms. The number of halogens is 2. The number of carbonyl (C=O) groups excluding carboxylic acids is 1. The molecule has 1 amide bonds. The zero-order valence-corrected chi connectivity index (χ0v) is 14.5. The van der Waals surface area contributed by atoms with Crippen molar-refractivity contribution in [3.63, 3.8) is 0 Å². The Labute approximate surface area is 132 Å². The van der Waals surface area contributed by atoms with E-state index in [1.54, 1.807) is 6.07 Å². The van der Waals surface area contributed by atoms with E-state index in [4.69, 9.17) is 0 Å². The van der Waals surface area contributed by atoms with Gasteiger partial charge in [-0.05, 0) is 39.0 Å². The van der Waals surface area contributed by atoms with Crippen LogP contribution in [0.1, 0.15) is 32.8 Å². The number of benzene rings is 1. The van der Waals surface area contributed by atoms with Crippen LogP contribution >= 0.6 is 15.9 Å². The molecule has 1 aromatic carbocycles. The van der Waals surface area contributed by atoms with E-state index in [-0.39, 0.29) is 24.3 Å². The van der Waals surface area contributed by atoms with E-state index in [1.165, 1.54) is 4.90 Å². The lowest BCUT2D eigenvalue weighted by molar-refractivity contribution is -0.117. The van der Waals surface area contributed by atoms with Crippen molar-refractivity contribution in [2.45, 2.75) is 37.9 Å². The van der Waals surface area contributed by atoms with Gasteiger partial charge in [0.05, 0.1) is 5.69 Å². The van der Waals surface area contributed by atoms with Crippen LogP contribution in [-0.2, 0) is 20.4 Å². The summed E-state index contributed by atoms with van der Waals surface area (Å²) < 4.78 is 35.7. The summed E-state index contributed by atoms with van der Waals surface area (Å²) in [5.74, 6) is -0.384. The summed E-state index contributed by atoms with van der Waals surface area (Å²) in [4.78, 5) is 13.3. The summed E-state index contributed by atoms with van der Waals surface area (Å²) in [6, 6.07) is 5.56. The second kappa shape index (κ2) is 5.35. The molecule has 1 unspecified atom stereocenters. The molecule has 7 heteroatoms. The molecule has 0 saturated carbocycles. The van der Waals surface area contributed by atoms with Gasteiger partial charge in [0.2, 0.25) is 5.91 Å². The lowest BCUT2D eigenvalue weighted by Gasteiger charge is -2.23. The minimum Gasteiger partial charge on any atom is -0.310 e. The number of anilines is 1. The van der Waals surface area contributed by atoms with E-state index in [0.717, 1.165) is 5.56 Å². The monoisotopic (exact) mass is 377 g/mol. The predicted octanol–water partition coefficient (Wildman–Crippen LogP) is 3.15. The molecule has 0 aliphatic carbocycles. The predicted molar refractivity (Wildman–Crippen MR) is 83.6 cm³/mol. The fourth-order valence-corrected chi connectivity index (χ4v) is 3.55. The lowest BCUT2D eigenvalue weighted by atomic mass is 9.87. The summed E-state index contributed by atoms with van der Waals surface area (Å²) in [6.07, 6.45) is -0.313. The normalized spacial score (nSPS) is 20.1. The zero-order chi connectivity index (χ0) is 16.0. The van der Waals surface area contributed by atoms with E-state index < -0.39 is 15.5 Å². The molecule has 4 nitrogen and oxygen atoms in total. The van der Waals surface area contributed by atoms with E-state index in [0.29, 0.717) is 10.2 Å². The number of carbonyl (C=O) groups is 1. The van der Waals surface area contributed by atoms with Crippen molar-refractivity contribution in [2.75, 3.05) is 11.4 Å². The van der Waals surface area contributed by atoms with Crippen LogP contribution < -0.4 is 4.90 Å². The van der Waals surface area contributed by atoms with Crippen LogP contribution in [0.3, 0.4) is 0 Å². The minimum absolute atomic E-state index is 0.0408. The molecule has 0 bridgehead atoms. The SMILES string of the molecule is CC(C)(C)c1ccc(N2CC(S(=O)(=O)F)CC2=O)c(Br)c1. The molecule has 1 atom stereocenters. The highest BCUT2D eigenvalue weighted by atomic mass is 79.9. The molecular formula is C14H17BrFNO3S. The number of nitrogens with zero attached hydrogens (tertiary/aromatic N) is 1. The third-order valence-corrected chi connectivity index (χ3v) is 5.34. The van der Waals surface area contributed by atoms with Gasteiger partial charge in [-0.1, -0.05) is 26.8 Å². The topological polar surface area (TPSA) is 54.5 Å². The molecule has 2 rings (SSSR count). The average Bonchev–Trinajstić information content (AvgIpc) is 2.70. The van der Waals surface area contributed by atoms with Gasteiger partial charge in [0.15, 0.2) is 0 Å². The number of hydrogen-bond donors (Lipinski definition) is 0. The van der Waals surface area contributed by atoms with Crippen molar-refractivity contribution in [1.29, 1.82) is 0 Å². The first-order valence-corrected chi connectivity index (χ1v) is 8.78. The number of hydrogen-bond acceptors (Lipinski definition) is 3. The van der Waals surface area contributed by atoms with Crippen LogP contribution in [0.15, 0.2) is 22.7 Å². The molecule has 1 aliphatic heterocycles. The van der Waals surface area contributed by atoms with Gasteiger partial charge in [0, 0.05) is 17.4 Å². The molecule has 1 heterocycles. The molecular weight excluding hydrogens is 361 g/mol. The molecule has 0 radical (unpaired) electrons. The smallest absolute Gasteiger partial charge is 0.307 e. The fraction of sp³-hybridized carbons (Fsp3) is 0.500. The van der Waals surface area contributed by atoms with Gasteiger partial charge < -0.3 is 4.90 Å². The Morgan fingerprint density at radius 1 is 1.33 bits per heavy atom. The average molecular weight is 378 g/mol. The molecule has 1 aromatic rings. The van der Waals surface area contributed by atoms with Crippen molar-refractivity contribution < 1.29 is 17.1 Å². The van der Waals surface area contributed by atoms with Crippen LogP contribution in [0.2, 0.25) is 0 Å². The van der Waals surface area contributed by atoms with Gasteiger partial charge in [-0.3, -0.25) is 4.79 Å². The first-order valence-electron chi connectivity index (χ1n) is 6.54. The first-order chi connectivity index (χ1) is 9.50. The van der Waals surface area contributed by atoms with Crippen molar-refractivity contribution in [1.82, 2.24) is 0 Å². The lowest BCUT2D eigenvalue weighted by Crippen LogP contribution is -2.27. The first kappa shape index (κ1) is 16.4. The summed E-state index contributed by atoms with van der Waals surface area (Å²) >= 11 is 3.41. The Balaban J connectivity index is 2.34. The van der Waals surface area contributed by atoms with E-state index >= 15 is 0 Å². The van der Waals surface area contributed by atoms with Crippen LogP contribution in [0, 0.1) is 0 Å². The molecule has 1 aliphatic rings. The summed E-state index contributed by atoms with van der Waals surface area (Å²) in [7, 11) is -4.70. The molecule has 116 valence electrons. The van der Waals surface area contributed by atoms with Crippen LogP contribution in [0.25, 0.3) is 0 Å². The Bertz CT molecular complexity index is 682. The van der Waals surface area contributed by atoms with Gasteiger partial charge in [-0.2, -0.15) is 8.42 Å². The molecule has 21 heavy (non-hydrogen) atoms. The summed E-state index contributed by atoms with van der Waals surface area (Å²) in [5.41, 5.74) is 1.61. The van der Waals surface area contributed by atoms with Gasteiger partial charge >= 0.3 is 10.2 Å². The van der Waals surface area contributed by atoms with Crippen LogP contribution in [0.4, 0.5) is 9.57 Å². The van der Waals surface area contributed by atoms with E-state index in [1.807, 2.05) is 12.1 Å². The number of amides is 1. The molecule has 1 fully saturated rings. The summed E-state index contributed by atoms with van der Waals surface area (Å²) in [5, 5.41) is -1.28. The van der Waals surface area contributed by atoms with Crippen LogP contribution in [0.5, 0.6) is 0 Å². The zero-order valence-electron chi connectivity index (χ0n) is 12.1. The maximum atomic E-state index is 13.1. The van der Waals surface area contributed by atoms with Gasteiger partial charge in [-0.25, -0.2) is 0 Å². The largest absolute Gasteiger partial charge is 0.310 e. The van der Waals surface area contributed by atoms with E-state index in [2.05, 4.69) is 36.7 Å². The Morgan fingerprint density at radius 2 is 1.95 bits per heavy atom. The fourth-order valence-electron chi connectivity index (χ4n) is 2.29. The second-order valence-electron chi connectivity index (χ2n) is 6.22. The summed E-state index contributed by atoms with van der Waals surface area (Å²) in [6.45, 7) is 6.06. The highest BCUT2D eigenvalue weighted by Crippen LogP contribution is 2.35. The molecule has 1 saturated heterocycles. The third kappa shape index (κ3) is 3.45. The van der Waals surface area contributed by atoms with Gasteiger partial charge in [-0.15, -0.1) is 3.89 Å². The van der Waals surface area contributed by atoms with Crippen molar-refractivity contribution in [3.05, 3.63) is 28.2 Å². The van der Waals surface area contributed by atoms with Gasteiger partial charge in [0.1, 0.15) is 5.25 Å². The van der Waals surface area contributed by atoms with Crippen molar-refractivity contribution >= 4 is 37.7 Å². The standard InChI is InChI=1S/C14H17BrFNO3S/c1-14(2,3)9-4-5-12(11(15)6-9)17-8-10(7-13(17)18)21(16,19)20/h4-6,10H,7-8H2,1-3H3. The van der Waals surface area contributed by atoms with Gasteiger partial charge in [0.25, 0.3) is 0 Å². The van der Waals surface area contributed by atoms with Crippen molar-refractivity contribution in [2.24, 2.45) is 0 Å². The highest BCUT2D eigenvalue weighted by molar-refractivity contribution is 9.10. The number of rotatable bonds is 2. The minimum atomic E-state index is -4.70. The Hall–Kier alpha value is -0.950. The quantitative estimate of drug-likeness (QED) is 0.743. The van der Waals surface area contributed by atoms with Crippen LogP contribution in [-0.4, -0.2) is 26.1 Å². The molecule has 0 aromatic heterocycles. The van der Waals surface area contributed by atoms with E-state index in [9.17, 15) is 17.1 Å². The third-order valence-electron chi connectivity index (χ3n) is 3.59. The Kier molecular flexibility index (Phi) is 4.19. The van der Waals surface area contributed by atoms with Crippen molar-refractivity contribution in [3.8, 4) is 0 Å². The Morgan fingerprint density at radius 3 is 2.38 bits per heavy atom. The maximum Gasteiger partial charge on any atom is 0.307 e. The molecule has 0 N–H and O–H groups in total. The maximum absolute atomic E-state index is 13.1. The second-order valence-corrected chi connectivity index (χ2v) is 8.69. The highest BCUT2D eigenvalue weighted by Gasteiger charge is 2.39.